The van der Waals surface area contributed by atoms with Crippen molar-refractivity contribution >= 4 is 15.9 Å². The van der Waals surface area contributed by atoms with Crippen molar-refractivity contribution < 1.29 is 13.2 Å². The average molecular weight is 394 g/mol. The minimum Gasteiger partial charge on any atom is -0.334 e. The highest BCUT2D eigenvalue weighted by Crippen LogP contribution is 2.27. The van der Waals surface area contributed by atoms with Crippen LogP contribution in [-0.2, 0) is 10.0 Å². The van der Waals surface area contributed by atoms with Crippen molar-refractivity contribution in [3.63, 3.8) is 0 Å². The van der Waals surface area contributed by atoms with Gasteiger partial charge in [-0.2, -0.15) is 4.31 Å². The second-order valence-electron chi connectivity index (χ2n) is 7.91. The Balaban J connectivity index is 1.87. The van der Waals surface area contributed by atoms with Crippen molar-refractivity contribution in [3.05, 3.63) is 29.8 Å². The molecule has 3 rings (SSSR count). The number of carbonyl (C=O) groups is 1. The van der Waals surface area contributed by atoms with Crippen molar-refractivity contribution in [1.29, 1.82) is 0 Å². The molecule has 0 bridgehead atoms. The molecule has 7 heteroatoms. The number of likely N-dealkylation sites (tertiary alicyclic amines) is 1. The number of nitrogens with two attached hydrogens (primary N) is 1. The Labute approximate surface area is 162 Å². The second kappa shape index (κ2) is 8.29. The molecule has 27 heavy (non-hydrogen) atoms. The molecule has 0 aromatic heterocycles. The lowest BCUT2D eigenvalue weighted by molar-refractivity contribution is 0.0583. The standard InChI is InChI=1S/C20H31N3O3S/c1-15-8-3-6-13-23(15)27(25,26)18-10-7-9-17(14-18)20(24)22-12-5-4-11-19(22)16(2)21/h7,9-10,14-16,19H,3-6,8,11-13,21H2,1-2H3. The average Bonchev–Trinajstić information content (AvgIpc) is 2.67. The van der Waals surface area contributed by atoms with Gasteiger partial charge >= 0.3 is 0 Å². The van der Waals surface area contributed by atoms with E-state index in [1.165, 1.54) is 6.07 Å². The number of nitrogens with zero attached hydrogens (tertiary/aromatic N) is 2. The SMILES string of the molecule is CC(N)C1CCCCN1C(=O)c1cccc(S(=O)(=O)N2CCCCC2C)c1. The summed E-state index contributed by atoms with van der Waals surface area (Å²) in [6.45, 7) is 5.09. The van der Waals surface area contributed by atoms with Crippen LogP contribution in [0.3, 0.4) is 0 Å². The van der Waals surface area contributed by atoms with Gasteiger partial charge in [-0.25, -0.2) is 8.42 Å². The zero-order valence-corrected chi connectivity index (χ0v) is 17.1. The number of hydrogen-bond acceptors (Lipinski definition) is 4. The van der Waals surface area contributed by atoms with Crippen molar-refractivity contribution in [2.24, 2.45) is 5.73 Å². The molecule has 1 aromatic carbocycles. The molecule has 3 atom stereocenters. The first-order chi connectivity index (χ1) is 12.8. The molecular formula is C20H31N3O3S. The summed E-state index contributed by atoms with van der Waals surface area (Å²) in [5.41, 5.74) is 6.51. The van der Waals surface area contributed by atoms with Gasteiger partial charge in [-0.05, 0) is 64.2 Å². The van der Waals surface area contributed by atoms with Crippen LogP contribution in [0.2, 0.25) is 0 Å². The van der Waals surface area contributed by atoms with Crippen LogP contribution in [0.5, 0.6) is 0 Å². The van der Waals surface area contributed by atoms with Crippen LogP contribution in [0, 0.1) is 0 Å². The third-order valence-electron chi connectivity index (χ3n) is 5.85. The highest BCUT2D eigenvalue weighted by Gasteiger charge is 2.33. The fourth-order valence-corrected chi connectivity index (χ4v) is 6.02. The maximum atomic E-state index is 13.1. The molecule has 1 aromatic rings. The largest absolute Gasteiger partial charge is 0.334 e. The van der Waals surface area contributed by atoms with Crippen LogP contribution in [0.15, 0.2) is 29.2 Å². The Morgan fingerprint density at radius 1 is 1.15 bits per heavy atom. The van der Waals surface area contributed by atoms with Crippen LogP contribution in [0.25, 0.3) is 0 Å². The van der Waals surface area contributed by atoms with Gasteiger partial charge in [-0.1, -0.05) is 12.5 Å². The molecule has 2 aliphatic rings. The molecule has 6 nitrogen and oxygen atoms in total. The molecule has 0 saturated carbocycles. The summed E-state index contributed by atoms with van der Waals surface area (Å²) in [4.78, 5) is 15.1. The molecule has 0 spiro atoms. The fourth-order valence-electron chi connectivity index (χ4n) is 4.28. The van der Waals surface area contributed by atoms with Crippen LogP contribution in [-0.4, -0.2) is 54.7 Å². The van der Waals surface area contributed by atoms with Gasteiger partial charge in [0, 0.05) is 36.8 Å². The zero-order chi connectivity index (χ0) is 19.6. The molecule has 0 radical (unpaired) electrons. The van der Waals surface area contributed by atoms with Gasteiger partial charge < -0.3 is 10.6 Å². The number of benzene rings is 1. The van der Waals surface area contributed by atoms with Gasteiger partial charge in [0.2, 0.25) is 10.0 Å². The van der Waals surface area contributed by atoms with Crippen LogP contribution >= 0.6 is 0 Å². The summed E-state index contributed by atoms with van der Waals surface area (Å²) in [6.07, 6.45) is 5.73. The highest BCUT2D eigenvalue weighted by atomic mass is 32.2. The number of amides is 1. The summed E-state index contributed by atoms with van der Waals surface area (Å²) in [6, 6.07) is 6.39. The summed E-state index contributed by atoms with van der Waals surface area (Å²) in [5.74, 6) is -0.124. The van der Waals surface area contributed by atoms with E-state index in [4.69, 9.17) is 5.73 Å². The number of rotatable bonds is 4. The molecule has 1 amide bonds. The van der Waals surface area contributed by atoms with Gasteiger partial charge in [0.25, 0.3) is 5.91 Å². The third kappa shape index (κ3) is 4.20. The Kier molecular flexibility index (Phi) is 6.23. The van der Waals surface area contributed by atoms with Crippen LogP contribution in [0.1, 0.15) is 62.7 Å². The van der Waals surface area contributed by atoms with E-state index >= 15 is 0 Å². The minimum absolute atomic E-state index is 0.00678. The van der Waals surface area contributed by atoms with Crippen molar-refractivity contribution in [2.75, 3.05) is 13.1 Å². The Hall–Kier alpha value is -1.44. The van der Waals surface area contributed by atoms with E-state index in [1.54, 1.807) is 22.5 Å². The molecular weight excluding hydrogens is 362 g/mol. The van der Waals surface area contributed by atoms with Crippen molar-refractivity contribution in [3.8, 4) is 0 Å². The molecule has 2 aliphatic heterocycles. The number of piperidine rings is 2. The Bertz CT molecular complexity index is 778. The smallest absolute Gasteiger partial charge is 0.254 e. The normalized spacial score (nSPS) is 26.0. The first-order valence-corrected chi connectivity index (χ1v) is 11.4. The lowest BCUT2D eigenvalue weighted by Crippen LogP contribution is -2.51. The quantitative estimate of drug-likeness (QED) is 0.852. The molecule has 3 unspecified atom stereocenters. The monoisotopic (exact) mass is 393 g/mol. The zero-order valence-electron chi connectivity index (χ0n) is 16.3. The van der Waals surface area contributed by atoms with Gasteiger partial charge in [0.15, 0.2) is 0 Å². The predicted molar refractivity (Wildman–Crippen MR) is 106 cm³/mol. The first kappa shape index (κ1) is 20.3. The lowest BCUT2D eigenvalue weighted by atomic mass is 9.96. The topological polar surface area (TPSA) is 83.7 Å². The molecule has 0 aliphatic carbocycles. The Morgan fingerprint density at radius 3 is 2.56 bits per heavy atom. The molecule has 2 N–H and O–H groups in total. The van der Waals surface area contributed by atoms with E-state index in [-0.39, 0.29) is 28.9 Å². The minimum atomic E-state index is -3.59. The van der Waals surface area contributed by atoms with Gasteiger partial charge in [0.1, 0.15) is 0 Å². The fraction of sp³-hybridized carbons (Fsp3) is 0.650. The van der Waals surface area contributed by atoms with Crippen molar-refractivity contribution in [2.45, 2.75) is 75.4 Å². The van der Waals surface area contributed by atoms with E-state index in [9.17, 15) is 13.2 Å². The summed E-state index contributed by atoms with van der Waals surface area (Å²) in [5, 5.41) is 0. The number of sulfonamides is 1. The van der Waals surface area contributed by atoms with Crippen LogP contribution in [0.4, 0.5) is 0 Å². The van der Waals surface area contributed by atoms with Gasteiger partial charge in [0.05, 0.1) is 4.90 Å². The molecule has 2 saturated heterocycles. The molecule has 2 heterocycles. The third-order valence-corrected chi connectivity index (χ3v) is 7.86. The number of carbonyl (C=O) groups excluding carboxylic acids is 1. The summed E-state index contributed by atoms with van der Waals surface area (Å²) < 4.78 is 27.8. The van der Waals surface area contributed by atoms with Gasteiger partial charge in [-0.3, -0.25) is 4.79 Å². The second-order valence-corrected chi connectivity index (χ2v) is 9.80. The maximum absolute atomic E-state index is 13.1. The maximum Gasteiger partial charge on any atom is 0.254 e. The van der Waals surface area contributed by atoms with Crippen LogP contribution < -0.4 is 5.73 Å². The number of hydrogen-bond donors (Lipinski definition) is 1. The van der Waals surface area contributed by atoms with Crippen molar-refractivity contribution in [1.82, 2.24) is 9.21 Å². The van der Waals surface area contributed by atoms with E-state index in [1.807, 2.05) is 18.7 Å². The van der Waals surface area contributed by atoms with E-state index < -0.39 is 10.0 Å². The molecule has 150 valence electrons. The molecule has 2 fully saturated rings. The van der Waals surface area contributed by atoms with Gasteiger partial charge in [-0.15, -0.1) is 0 Å². The summed E-state index contributed by atoms with van der Waals surface area (Å²) >= 11 is 0. The predicted octanol–water partition coefficient (Wildman–Crippen LogP) is 2.59. The van der Waals surface area contributed by atoms with E-state index in [2.05, 4.69) is 0 Å². The van der Waals surface area contributed by atoms with E-state index in [0.29, 0.717) is 18.7 Å². The highest BCUT2D eigenvalue weighted by molar-refractivity contribution is 7.89. The summed E-state index contributed by atoms with van der Waals surface area (Å²) in [7, 11) is -3.59. The Morgan fingerprint density at radius 2 is 1.85 bits per heavy atom. The lowest BCUT2D eigenvalue weighted by Gasteiger charge is -2.38. The van der Waals surface area contributed by atoms with E-state index in [0.717, 1.165) is 38.5 Å². The first-order valence-electron chi connectivity index (χ1n) is 10.0.